The molecule has 4 amide bonds. The Hall–Kier alpha value is -2.88. The molecule has 0 aromatic heterocycles. The van der Waals surface area contributed by atoms with E-state index >= 15 is 0 Å². The summed E-state index contributed by atoms with van der Waals surface area (Å²) < 4.78 is 44.3. The number of rotatable bonds is 8. The maximum atomic E-state index is 13.6. The van der Waals surface area contributed by atoms with Crippen molar-refractivity contribution in [2.45, 2.75) is 76.9 Å². The first-order valence-electron chi connectivity index (χ1n) is 12.3. The van der Waals surface area contributed by atoms with Gasteiger partial charge >= 0.3 is 12.1 Å². The van der Waals surface area contributed by atoms with Crippen molar-refractivity contribution in [3.05, 3.63) is 0 Å². The van der Waals surface area contributed by atoms with Gasteiger partial charge in [-0.2, -0.15) is 18.4 Å². The summed E-state index contributed by atoms with van der Waals surface area (Å²) in [7, 11) is 1.20. The third kappa shape index (κ3) is 5.68. The molecular formula is C24H34F3N5O5. The van der Waals surface area contributed by atoms with Crippen LogP contribution >= 0.6 is 0 Å². The number of hydrogen-bond donors (Lipinski definition) is 3. The predicted molar refractivity (Wildman–Crippen MR) is 123 cm³/mol. The Balaban J connectivity index is 1.83. The lowest BCUT2D eigenvalue weighted by molar-refractivity contribution is -0.178. The average Bonchev–Trinajstić information content (AvgIpc) is 3.15. The van der Waals surface area contributed by atoms with Gasteiger partial charge in [0, 0.05) is 26.1 Å². The Morgan fingerprint density at radius 2 is 1.92 bits per heavy atom. The molecule has 13 heteroatoms. The van der Waals surface area contributed by atoms with Gasteiger partial charge in [-0.25, -0.2) is 0 Å². The van der Waals surface area contributed by atoms with Gasteiger partial charge in [0.2, 0.25) is 17.7 Å². The van der Waals surface area contributed by atoms with Crippen LogP contribution < -0.4 is 16.0 Å². The second kappa shape index (κ2) is 10.1. The number of ether oxygens (including phenoxy) is 1. The van der Waals surface area contributed by atoms with Crippen LogP contribution in [0.1, 0.15) is 47.0 Å². The van der Waals surface area contributed by atoms with Crippen LogP contribution in [0, 0.1) is 34.5 Å². The number of nitrogens with one attached hydrogen (secondary N) is 3. The summed E-state index contributed by atoms with van der Waals surface area (Å²) >= 11 is 0. The number of alkyl halides is 3. The number of halogens is 3. The van der Waals surface area contributed by atoms with E-state index in [0.717, 1.165) is 6.42 Å². The Kier molecular flexibility index (Phi) is 7.84. The van der Waals surface area contributed by atoms with Crippen molar-refractivity contribution >= 4 is 23.6 Å². The highest BCUT2D eigenvalue weighted by molar-refractivity contribution is 5.95. The summed E-state index contributed by atoms with van der Waals surface area (Å²) in [6.07, 6.45) is -3.78. The number of nitriles is 1. The van der Waals surface area contributed by atoms with Crippen LogP contribution in [0.15, 0.2) is 0 Å². The Labute approximate surface area is 213 Å². The largest absolute Gasteiger partial charge is 0.471 e. The lowest BCUT2D eigenvalue weighted by Crippen LogP contribution is -2.63. The molecule has 0 radical (unpaired) electrons. The monoisotopic (exact) mass is 529 g/mol. The number of carbonyl (C=O) groups excluding carboxylic acids is 4. The smallest absolute Gasteiger partial charge is 0.376 e. The molecule has 2 heterocycles. The van der Waals surface area contributed by atoms with Gasteiger partial charge in [0.15, 0.2) is 0 Å². The summed E-state index contributed by atoms with van der Waals surface area (Å²) in [6.45, 7) is 7.25. The summed E-state index contributed by atoms with van der Waals surface area (Å²) in [5.41, 5.74) is -1.82. The van der Waals surface area contributed by atoms with Gasteiger partial charge in [-0.3, -0.25) is 19.2 Å². The molecule has 2 aliphatic heterocycles. The average molecular weight is 530 g/mol. The van der Waals surface area contributed by atoms with Gasteiger partial charge in [-0.15, -0.1) is 0 Å². The number of fused-ring (bicyclic) bond motifs is 1. The fourth-order valence-corrected chi connectivity index (χ4v) is 5.59. The van der Waals surface area contributed by atoms with Crippen molar-refractivity contribution in [1.29, 1.82) is 5.26 Å². The van der Waals surface area contributed by atoms with Crippen LogP contribution in [0.3, 0.4) is 0 Å². The highest BCUT2D eigenvalue weighted by atomic mass is 19.4. The van der Waals surface area contributed by atoms with E-state index in [0.29, 0.717) is 13.0 Å². The van der Waals surface area contributed by atoms with Gasteiger partial charge in [0.05, 0.1) is 11.7 Å². The molecule has 0 aromatic carbocycles. The summed E-state index contributed by atoms with van der Waals surface area (Å²) in [5.74, 6) is -4.78. The molecule has 0 bridgehead atoms. The van der Waals surface area contributed by atoms with E-state index in [1.54, 1.807) is 5.32 Å². The summed E-state index contributed by atoms with van der Waals surface area (Å²) in [4.78, 5) is 52.1. The normalized spacial score (nSPS) is 28.3. The van der Waals surface area contributed by atoms with E-state index in [4.69, 9.17) is 4.74 Å². The second-order valence-corrected chi connectivity index (χ2v) is 11.2. The second-order valence-electron chi connectivity index (χ2n) is 11.2. The van der Waals surface area contributed by atoms with Crippen molar-refractivity contribution in [1.82, 2.24) is 20.9 Å². The molecule has 3 fully saturated rings. The molecule has 37 heavy (non-hydrogen) atoms. The minimum atomic E-state index is -5.22. The fraction of sp³-hybridized carbons (Fsp3) is 0.792. The zero-order valence-corrected chi connectivity index (χ0v) is 21.6. The number of methoxy groups -OCH3 is 1. The lowest BCUT2D eigenvalue weighted by Gasteiger charge is -2.38. The van der Waals surface area contributed by atoms with Gasteiger partial charge in [0.25, 0.3) is 0 Å². The van der Waals surface area contributed by atoms with Crippen LogP contribution in [-0.4, -0.2) is 78.6 Å². The number of amides is 4. The maximum absolute atomic E-state index is 13.6. The number of nitrogens with zero attached hydrogens (tertiary/aromatic N) is 2. The molecule has 3 aliphatic rings. The molecule has 1 aliphatic carbocycles. The van der Waals surface area contributed by atoms with Crippen molar-refractivity contribution < 1.29 is 37.1 Å². The minimum absolute atomic E-state index is 0.0820. The van der Waals surface area contributed by atoms with E-state index in [-0.39, 0.29) is 36.1 Å². The zero-order valence-electron chi connectivity index (χ0n) is 21.6. The standard InChI is InChI=1S/C24H34F3N5O5/c1-22(2)14-11-32(20(35)17(23(3,4)37-5)31-21(36)24(25,26)27)16(15(14)22)19(34)30-13(10-28)9-12-7-6-8-29-18(12)33/h12-17H,6-9,11H2,1-5H3,(H,29,33)(H,30,34)(H,31,36)/t12-,13-,14-,15-,16-,17+/m0/s1. The predicted octanol–water partition coefficient (Wildman–Crippen LogP) is 0.866. The summed E-state index contributed by atoms with van der Waals surface area (Å²) in [5, 5.41) is 16.8. The van der Waals surface area contributed by atoms with Crippen LogP contribution in [0.25, 0.3) is 0 Å². The van der Waals surface area contributed by atoms with Gasteiger partial charge in [-0.05, 0) is 50.4 Å². The van der Waals surface area contributed by atoms with Crippen molar-refractivity contribution in [3.8, 4) is 6.07 Å². The molecule has 0 spiro atoms. The number of carbonyl (C=O) groups is 4. The molecule has 0 unspecified atom stereocenters. The summed E-state index contributed by atoms with van der Waals surface area (Å²) in [6, 6.07) is -1.77. The molecule has 1 saturated carbocycles. The topological polar surface area (TPSA) is 141 Å². The first-order valence-corrected chi connectivity index (χ1v) is 12.3. The first-order chi connectivity index (χ1) is 17.1. The Morgan fingerprint density at radius 3 is 2.46 bits per heavy atom. The number of piperidine rings is 2. The maximum Gasteiger partial charge on any atom is 0.471 e. The molecule has 10 nitrogen and oxygen atoms in total. The van der Waals surface area contributed by atoms with E-state index in [2.05, 4.69) is 10.6 Å². The van der Waals surface area contributed by atoms with E-state index in [1.807, 2.05) is 19.9 Å². The van der Waals surface area contributed by atoms with E-state index in [1.165, 1.54) is 25.9 Å². The van der Waals surface area contributed by atoms with Crippen LogP contribution in [0.5, 0.6) is 0 Å². The Bertz CT molecular complexity index is 992. The number of likely N-dealkylation sites (tertiary alicyclic amines) is 1. The SMILES string of the molecule is COC(C)(C)[C@H](NC(=O)C(F)(F)F)C(=O)N1C[C@H]2[C@@H]([C@H]1C(=O)N[C@H](C#N)C[C@@H]1CCCNC1=O)C2(C)C. The Morgan fingerprint density at radius 1 is 1.27 bits per heavy atom. The van der Waals surface area contributed by atoms with Crippen LogP contribution in [-0.2, 0) is 23.9 Å². The van der Waals surface area contributed by atoms with Crippen molar-refractivity contribution in [3.63, 3.8) is 0 Å². The molecule has 6 atom stereocenters. The van der Waals surface area contributed by atoms with Crippen molar-refractivity contribution in [2.75, 3.05) is 20.2 Å². The van der Waals surface area contributed by atoms with E-state index < -0.39 is 53.5 Å². The molecular weight excluding hydrogens is 495 g/mol. The molecule has 0 aromatic rings. The minimum Gasteiger partial charge on any atom is -0.376 e. The highest BCUT2D eigenvalue weighted by Gasteiger charge is 2.70. The van der Waals surface area contributed by atoms with Gasteiger partial charge in [0.1, 0.15) is 18.1 Å². The highest BCUT2D eigenvalue weighted by Crippen LogP contribution is 2.65. The molecule has 3 N–H and O–H groups in total. The van der Waals surface area contributed by atoms with Crippen molar-refractivity contribution in [2.24, 2.45) is 23.2 Å². The fourth-order valence-electron chi connectivity index (χ4n) is 5.59. The molecule has 3 rings (SSSR count). The third-order valence-corrected chi connectivity index (χ3v) is 8.15. The van der Waals surface area contributed by atoms with Gasteiger partial charge in [-0.1, -0.05) is 13.8 Å². The quantitative estimate of drug-likeness (QED) is 0.426. The molecule has 2 saturated heterocycles. The van der Waals surface area contributed by atoms with E-state index in [9.17, 15) is 37.6 Å². The zero-order chi connectivity index (χ0) is 27.9. The van der Waals surface area contributed by atoms with Crippen LogP contribution in [0.2, 0.25) is 0 Å². The first kappa shape index (κ1) is 28.7. The molecule has 206 valence electrons. The lowest BCUT2D eigenvalue weighted by atomic mass is 9.91. The number of hydrogen-bond acceptors (Lipinski definition) is 6. The third-order valence-electron chi connectivity index (χ3n) is 8.15. The van der Waals surface area contributed by atoms with Crippen LogP contribution in [0.4, 0.5) is 13.2 Å². The van der Waals surface area contributed by atoms with Gasteiger partial charge < -0.3 is 25.6 Å².